The van der Waals surface area contributed by atoms with E-state index in [4.69, 9.17) is 0 Å². The van der Waals surface area contributed by atoms with Crippen LogP contribution in [0.4, 0.5) is 0 Å². The van der Waals surface area contributed by atoms with E-state index in [-0.39, 0.29) is 21.7 Å². The minimum absolute atomic E-state index is 0.253. The van der Waals surface area contributed by atoms with Gasteiger partial charge in [-0.05, 0) is 93.6 Å². The van der Waals surface area contributed by atoms with Crippen LogP contribution in [0.1, 0.15) is 142 Å². The fourth-order valence-electron chi connectivity index (χ4n) is 5.64. The van der Waals surface area contributed by atoms with Gasteiger partial charge >= 0.3 is 11.9 Å². The number of thioether (sulfide) groups is 1. The third-order valence-electron chi connectivity index (χ3n) is 8.31. The van der Waals surface area contributed by atoms with E-state index in [0.717, 1.165) is 45.1 Å². The highest BCUT2D eigenvalue weighted by Crippen LogP contribution is 2.41. The maximum atomic E-state index is 12.2. The molecule has 2 rings (SSSR count). The predicted octanol–water partition coefficient (Wildman–Crippen LogP) is 9.27. The van der Waals surface area contributed by atoms with Crippen LogP contribution in [0.3, 0.4) is 0 Å². The number of hydrogen-bond donors (Lipinski definition) is 4. The number of aromatic hydroxyl groups is 2. The molecule has 0 aromatic heterocycles. The first kappa shape index (κ1) is 38.5. The van der Waals surface area contributed by atoms with Crippen molar-refractivity contribution in [1.29, 1.82) is 0 Å². The molecule has 0 aliphatic rings. The molecule has 2 aromatic carbocycles. The number of rotatable bonds is 12. The zero-order valence-corrected chi connectivity index (χ0v) is 30.5. The summed E-state index contributed by atoms with van der Waals surface area (Å²) in [5.74, 6) is -1.35. The maximum absolute atomic E-state index is 12.2. The zero-order chi connectivity index (χ0) is 34.7. The monoisotopic (exact) mass is 642 g/mol. The van der Waals surface area contributed by atoms with Crippen molar-refractivity contribution in [2.75, 3.05) is 0 Å². The molecule has 0 saturated carbocycles. The summed E-state index contributed by atoms with van der Waals surface area (Å²) in [6.45, 7) is 24.8. The van der Waals surface area contributed by atoms with Crippen molar-refractivity contribution < 1.29 is 30.0 Å². The fourth-order valence-corrected chi connectivity index (χ4v) is 6.88. The van der Waals surface area contributed by atoms with Crippen LogP contribution >= 0.6 is 11.8 Å². The molecule has 0 saturated heterocycles. The van der Waals surface area contributed by atoms with Gasteiger partial charge in [0.25, 0.3) is 0 Å². The zero-order valence-electron chi connectivity index (χ0n) is 29.7. The van der Waals surface area contributed by atoms with Gasteiger partial charge in [0.15, 0.2) is 0 Å². The molecule has 0 amide bonds. The van der Waals surface area contributed by atoms with Gasteiger partial charge in [-0.15, -0.1) is 11.8 Å². The van der Waals surface area contributed by atoms with Crippen molar-refractivity contribution in [1.82, 2.24) is 0 Å². The van der Waals surface area contributed by atoms with Gasteiger partial charge in [-0.25, -0.2) is 0 Å². The van der Waals surface area contributed by atoms with Gasteiger partial charge in [-0.2, -0.15) is 0 Å². The summed E-state index contributed by atoms with van der Waals surface area (Å²) in [6.07, 6.45) is 3.16. The van der Waals surface area contributed by atoms with E-state index in [1.165, 1.54) is 0 Å². The molecule has 2 aromatic rings. The summed E-state index contributed by atoms with van der Waals surface area (Å²) in [4.78, 5) is 24.5. The molecule has 252 valence electrons. The Kier molecular flexibility index (Phi) is 12.3. The number of carboxylic acid groups (broad SMARTS) is 2. The Labute approximate surface area is 276 Å². The van der Waals surface area contributed by atoms with Gasteiger partial charge in [-0.3, -0.25) is 9.59 Å². The lowest BCUT2D eigenvalue weighted by Crippen LogP contribution is -2.25. The molecule has 6 nitrogen and oxygen atoms in total. The van der Waals surface area contributed by atoms with Crippen molar-refractivity contribution in [2.45, 2.75) is 154 Å². The first-order chi connectivity index (χ1) is 20.3. The third-order valence-corrected chi connectivity index (χ3v) is 9.85. The number of benzene rings is 2. The summed E-state index contributed by atoms with van der Waals surface area (Å²) < 4.78 is 0. The molecule has 2 unspecified atom stereocenters. The van der Waals surface area contributed by atoms with Crippen LogP contribution in [0.2, 0.25) is 0 Å². The fraction of sp³-hybridized carbons (Fsp3) is 0.632. The van der Waals surface area contributed by atoms with Crippen LogP contribution < -0.4 is 0 Å². The van der Waals surface area contributed by atoms with E-state index >= 15 is 0 Å². The van der Waals surface area contributed by atoms with Gasteiger partial charge in [0.1, 0.15) is 22.0 Å². The van der Waals surface area contributed by atoms with Gasteiger partial charge in [0.2, 0.25) is 0 Å². The Morgan fingerprint density at radius 2 is 0.800 bits per heavy atom. The number of carboxylic acids is 2. The Morgan fingerprint density at radius 3 is 1.00 bits per heavy atom. The quantitative estimate of drug-likeness (QED) is 0.182. The van der Waals surface area contributed by atoms with Crippen LogP contribution in [0.25, 0.3) is 0 Å². The second-order valence-electron chi connectivity index (χ2n) is 16.7. The van der Waals surface area contributed by atoms with E-state index in [9.17, 15) is 30.0 Å². The average Bonchev–Trinajstić information content (AvgIpc) is 2.85. The average molecular weight is 643 g/mol. The third kappa shape index (κ3) is 10.7. The van der Waals surface area contributed by atoms with Gasteiger partial charge in [-0.1, -0.05) is 107 Å². The Morgan fingerprint density at radius 1 is 0.556 bits per heavy atom. The second-order valence-corrected chi connectivity index (χ2v) is 18.1. The molecular weight excluding hydrogens is 584 g/mol. The number of phenolic OH excluding ortho intramolecular Hbond substituents is 2. The molecule has 0 heterocycles. The number of aliphatic carboxylic acids is 2. The second kappa shape index (κ2) is 14.4. The Bertz CT molecular complexity index is 1170. The normalized spacial score (nSPS) is 14.3. The highest BCUT2D eigenvalue weighted by atomic mass is 32.2. The van der Waals surface area contributed by atoms with Crippen molar-refractivity contribution in [2.24, 2.45) is 0 Å². The minimum atomic E-state index is -0.995. The van der Waals surface area contributed by atoms with Crippen LogP contribution in [-0.4, -0.2) is 42.9 Å². The van der Waals surface area contributed by atoms with Crippen molar-refractivity contribution in [3.05, 3.63) is 57.6 Å². The predicted molar refractivity (Wildman–Crippen MR) is 187 cm³/mol. The molecule has 0 fully saturated rings. The molecule has 0 spiro atoms. The van der Waals surface area contributed by atoms with Crippen molar-refractivity contribution >= 4 is 23.7 Å². The van der Waals surface area contributed by atoms with Crippen molar-refractivity contribution in [3.63, 3.8) is 0 Å². The van der Waals surface area contributed by atoms with Crippen LogP contribution in [0.15, 0.2) is 24.3 Å². The summed E-state index contributed by atoms with van der Waals surface area (Å²) in [7, 11) is 0. The number of aryl methyl sites for hydroxylation is 2. The number of hydrogen-bond acceptors (Lipinski definition) is 5. The van der Waals surface area contributed by atoms with E-state index < -0.39 is 22.4 Å². The Hall–Kier alpha value is -2.67. The molecule has 0 bridgehead atoms. The van der Waals surface area contributed by atoms with Crippen LogP contribution in [-0.2, 0) is 44.1 Å². The SMILES string of the molecule is CC(C)(C)c1cc(CCCC(SC(CCCc2cc(C(C)(C)C)c(O)c(C(C)(C)C)c2)C(=O)O)C(=O)O)cc(C(C)(C)C)c1O. The van der Waals surface area contributed by atoms with Gasteiger partial charge < -0.3 is 20.4 Å². The molecule has 0 aliphatic heterocycles. The molecule has 4 N–H and O–H groups in total. The maximum Gasteiger partial charge on any atom is 0.316 e. The summed E-state index contributed by atoms with van der Waals surface area (Å²) in [6, 6.07) is 8.08. The van der Waals surface area contributed by atoms with E-state index in [0.29, 0.717) is 50.0 Å². The first-order valence-corrected chi connectivity index (χ1v) is 17.1. The molecule has 2 atom stereocenters. The van der Waals surface area contributed by atoms with E-state index in [1.54, 1.807) is 0 Å². The minimum Gasteiger partial charge on any atom is -0.507 e. The topological polar surface area (TPSA) is 115 Å². The summed E-state index contributed by atoms with van der Waals surface area (Å²) in [5.41, 5.74) is 4.57. The summed E-state index contributed by atoms with van der Waals surface area (Å²) >= 11 is 1.03. The lowest BCUT2D eigenvalue weighted by atomic mass is 9.78. The highest BCUT2D eigenvalue weighted by molar-refractivity contribution is 8.01. The molecule has 0 radical (unpaired) electrons. The summed E-state index contributed by atoms with van der Waals surface area (Å²) in [5, 5.41) is 40.4. The molecule has 45 heavy (non-hydrogen) atoms. The lowest BCUT2D eigenvalue weighted by Gasteiger charge is -2.28. The van der Waals surface area contributed by atoms with Crippen LogP contribution in [0.5, 0.6) is 11.5 Å². The Balaban J connectivity index is 2.17. The largest absolute Gasteiger partial charge is 0.507 e. The standard InChI is InChI=1S/C38H58O6S/c1-35(2,3)25-19-23(20-26(31(25)39)36(4,5)6)15-13-17-29(33(41)42)45-30(34(43)44)18-14-16-24-21-27(37(7,8)9)32(40)28(22-24)38(10,11)12/h19-22,29-30,39-40H,13-18H2,1-12H3,(H,41,42)(H,43,44). The first-order valence-electron chi connectivity index (χ1n) is 16.2. The van der Waals surface area contributed by atoms with Crippen LogP contribution in [0, 0.1) is 0 Å². The lowest BCUT2D eigenvalue weighted by molar-refractivity contribution is -0.136. The smallest absolute Gasteiger partial charge is 0.316 e. The number of phenols is 2. The molecule has 0 aliphatic carbocycles. The molecular formula is C38H58O6S. The van der Waals surface area contributed by atoms with Gasteiger partial charge in [0.05, 0.1) is 0 Å². The highest BCUT2D eigenvalue weighted by Gasteiger charge is 2.30. The van der Waals surface area contributed by atoms with Crippen molar-refractivity contribution in [3.8, 4) is 11.5 Å². The van der Waals surface area contributed by atoms with E-state index in [1.807, 2.05) is 24.3 Å². The van der Waals surface area contributed by atoms with E-state index in [2.05, 4.69) is 83.1 Å². The number of carbonyl (C=O) groups is 2. The van der Waals surface area contributed by atoms with Gasteiger partial charge in [0, 0.05) is 0 Å². The molecule has 7 heteroatoms.